The van der Waals surface area contributed by atoms with Gasteiger partial charge in [0.25, 0.3) is 10.0 Å². The molecule has 5 nitrogen and oxygen atoms in total. The summed E-state index contributed by atoms with van der Waals surface area (Å²) in [5.74, 6) is -0.0365. The molecule has 0 atom stereocenters. The van der Waals surface area contributed by atoms with Crippen molar-refractivity contribution in [2.45, 2.75) is 11.3 Å². The van der Waals surface area contributed by atoms with Crippen molar-refractivity contribution in [3.05, 3.63) is 65.5 Å². The summed E-state index contributed by atoms with van der Waals surface area (Å²) in [5.41, 5.74) is 2.85. The number of hydrogen-bond donors (Lipinski definition) is 1. The van der Waals surface area contributed by atoms with Crippen molar-refractivity contribution >= 4 is 38.6 Å². The molecule has 0 unspecified atom stereocenters. The van der Waals surface area contributed by atoms with Crippen molar-refractivity contribution in [2.24, 2.45) is 0 Å². The molecule has 26 heavy (non-hydrogen) atoms. The maximum absolute atomic E-state index is 12.9. The molecule has 7 heteroatoms. The highest BCUT2D eigenvalue weighted by Gasteiger charge is 2.26. The van der Waals surface area contributed by atoms with Crippen LogP contribution in [0.2, 0.25) is 0 Å². The Morgan fingerprint density at radius 3 is 2.65 bits per heavy atom. The number of carbonyl (C=O) groups is 1. The molecule has 0 aliphatic carbocycles. The van der Waals surface area contributed by atoms with Gasteiger partial charge in [-0.3, -0.25) is 9.52 Å². The molecular weight excluding hydrogens is 368 g/mol. The lowest BCUT2D eigenvalue weighted by molar-refractivity contribution is -0.117. The van der Waals surface area contributed by atoms with Crippen LogP contribution < -0.4 is 9.62 Å². The molecule has 0 fully saturated rings. The van der Waals surface area contributed by atoms with E-state index in [9.17, 15) is 13.2 Å². The fourth-order valence-corrected chi connectivity index (χ4v) is 4.93. The molecule has 2 heterocycles. The fraction of sp³-hybridized carbons (Fsp3) is 0.105. The average Bonchev–Trinajstić information content (AvgIpc) is 3.24. The summed E-state index contributed by atoms with van der Waals surface area (Å²) in [6.45, 7) is 0. The van der Waals surface area contributed by atoms with E-state index in [-0.39, 0.29) is 17.2 Å². The lowest BCUT2D eigenvalue weighted by atomic mass is 10.1. The lowest BCUT2D eigenvalue weighted by Crippen LogP contribution is -2.20. The third-order valence-electron chi connectivity index (χ3n) is 4.40. The molecule has 0 saturated heterocycles. The van der Waals surface area contributed by atoms with E-state index >= 15 is 0 Å². The van der Waals surface area contributed by atoms with Gasteiger partial charge in [0, 0.05) is 23.2 Å². The Balaban J connectivity index is 1.70. The molecule has 1 N–H and O–H groups in total. The SMILES string of the molecule is CN1C(=O)Cc2cc(S(=O)(=O)Nc3ccccc3-c3cccs3)ccc21. The maximum Gasteiger partial charge on any atom is 0.261 e. The van der Waals surface area contributed by atoms with Gasteiger partial charge in [0.1, 0.15) is 0 Å². The van der Waals surface area contributed by atoms with E-state index in [0.29, 0.717) is 5.69 Å². The van der Waals surface area contributed by atoms with E-state index in [2.05, 4.69) is 4.72 Å². The minimum absolute atomic E-state index is 0.0365. The van der Waals surface area contributed by atoms with E-state index < -0.39 is 10.0 Å². The van der Waals surface area contributed by atoms with Gasteiger partial charge in [0.15, 0.2) is 0 Å². The number of thiophene rings is 1. The summed E-state index contributed by atoms with van der Waals surface area (Å²) < 4.78 is 28.4. The molecule has 4 rings (SSSR count). The molecule has 3 aromatic rings. The molecule has 0 spiro atoms. The van der Waals surface area contributed by atoms with Gasteiger partial charge in [0.05, 0.1) is 17.0 Å². The second-order valence-electron chi connectivity index (χ2n) is 6.05. The fourth-order valence-electron chi connectivity index (χ4n) is 3.04. The van der Waals surface area contributed by atoms with Crippen LogP contribution in [0.3, 0.4) is 0 Å². The number of benzene rings is 2. The van der Waals surface area contributed by atoms with E-state index in [1.54, 1.807) is 47.5 Å². The lowest BCUT2D eigenvalue weighted by Gasteiger charge is -2.13. The third-order valence-corrected chi connectivity index (χ3v) is 6.66. The van der Waals surface area contributed by atoms with Crippen LogP contribution in [0, 0.1) is 0 Å². The zero-order valence-electron chi connectivity index (χ0n) is 14.0. The number of rotatable bonds is 4. The van der Waals surface area contributed by atoms with Crippen molar-refractivity contribution < 1.29 is 13.2 Å². The summed E-state index contributed by atoms with van der Waals surface area (Å²) in [4.78, 5) is 14.5. The first-order valence-electron chi connectivity index (χ1n) is 8.01. The summed E-state index contributed by atoms with van der Waals surface area (Å²) in [6.07, 6.45) is 0.223. The average molecular weight is 384 g/mol. The second-order valence-corrected chi connectivity index (χ2v) is 8.68. The Bertz CT molecular complexity index is 1090. The summed E-state index contributed by atoms with van der Waals surface area (Å²) in [7, 11) is -2.07. The van der Waals surface area contributed by atoms with E-state index in [1.807, 2.05) is 29.6 Å². The number of nitrogens with one attached hydrogen (secondary N) is 1. The Morgan fingerprint density at radius 1 is 1.08 bits per heavy atom. The van der Waals surface area contributed by atoms with E-state index in [4.69, 9.17) is 0 Å². The number of sulfonamides is 1. The van der Waals surface area contributed by atoms with Gasteiger partial charge in [-0.25, -0.2) is 8.42 Å². The number of para-hydroxylation sites is 1. The topological polar surface area (TPSA) is 66.5 Å². The van der Waals surface area contributed by atoms with Crippen LogP contribution in [0.15, 0.2) is 64.9 Å². The van der Waals surface area contributed by atoms with Crippen molar-refractivity contribution in [2.75, 3.05) is 16.7 Å². The predicted octanol–water partition coefficient (Wildman–Crippen LogP) is 3.73. The Morgan fingerprint density at radius 2 is 1.88 bits per heavy atom. The minimum Gasteiger partial charge on any atom is -0.315 e. The van der Waals surface area contributed by atoms with Crippen LogP contribution in [-0.4, -0.2) is 21.4 Å². The zero-order chi connectivity index (χ0) is 18.3. The maximum atomic E-state index is 12.9. The zero-order valence-corrected chi connectivity index (χ0v) is 15.6. The van der Waals surface area contributed by atoms with Crippen LogP contribution >= 0.6 is 11.3 Å². The summed E-state index contributed by atoms with van der Waals surface area (Å²) in [5, 5.41) is 1.95. The predicted molar refractivity (Wildman–Crippen MR) is 104 cm³/mol. The van der Waals surface area contributed by atoms with Crippen molar-refractivity contribution in [3.8, 4) is 10.4 Å². The van der Waals surface area contributed by atoms with Gasteiger partial charge in [-0.2, -0.15) is 0 Å². The highest BCUT2D eigenvalue weighted by molar-refractivity contribution is 7.92. The summed E-state index contributed by atoms with van der Waals surface area (Å²) >= 11 is 1.55. The van der Waals surface area contributed by atoms with Gasteiger partial charge in [-0.05, 0) is 41.3 Å². The molecule has 1 amide bonds. The van der Waals surface area contributed by atoms with Crippen LogP contribution in [0.25, 0.3) is 10.4 Å². The van der Waals surface area contributed by atoms with Crippen LogP contribution in [0.5, 0.6) is 0 Å². The quantitative estimate of drug-likeness (QED) is 0.745. The summed E-state index contributed by atoms with van der Waals surface area (Å²) in [6, 6.07) is 16.0. The second kappa shape index (κ2) is 6.26. The van der Waals surface area contributed by atoms with Gasteiger partial charge in [0.2, 0.25) is 5.91 Å². The number of fused-ring (bicyclic) bond motifs is 1. The Hall–Kier alpha value is -2.64. The van der Waals surface area contributed by atoms with E-state index in [1.165, 1.54) is 6.07 Å². The van der Waals surface area contributed by atoms with E-state index in [0.717, 1.165) is 21.7 Å². The number of likely N-dealkylation sites (N-methyl/N-ethyl adjacent to an activating group) is 1. The number of hydrogen-bond acceptors (Lipinski definition) is 4. The van der Waals surface area contributed by atoms with Crippen LogP contribution in [-0.2, 0) is 21.2 Å². The number of nitrogens with zero attached hydrogens (tertiary/aromatic N) is 1. The monoisotopic (exact) mass is 384 g/mol. The first-order valence-corrected chi connectivity index (χ1v) is 10.4. The molecule has 1 aromatic heterocycles. The van der Waals surface area contributed by atoms with Crippen LogP contribution in [0.1, 0.15) is 5.56 Å². The Kier molecular flexibility index (Phi) is 4.05. The standard InChI is InChI=1S/C19H16N2O3S2/c1-21-17-9-8-14(11-13(17)12-19(21)22)26(23,24)20-16-6-3-2-5-15(16)18-7-4-10-25-18/h2-11,20H,12H2,1H3. The minimum atomic E-state index is -3.76. The molecule has 0 bridgehead atoms. The molecular formula is C19H16N2O3S2. The van der Waals surface area contributed by atoms with Gasteiger partial charge < -0.3 is 4.90 Å². The van der Waals surface area contributed by atoms with Crippen molar-refractivity contribution in [3.63, 3.8) is 0 Å². The van der Waals surface area contributed by atoms with Gasteiger partial charge in [-0.1, -0.05) is 24.3 Å². The molecule has 1 aliphatic heterocycles. The number of anilines is 2. The Labute approximate surface area is 156 Å². The normalized spacial score (nSPS) is 13.7. The first kappa shape index (κ1) is 16.8. The molecule has 132 valence electrons. The molecule has 2 aromatic carbocycles. The highest BCUT2D eigenvalue weighted by Crippen LogP contribution is 2.34. The van der Waals surface area contributed by atoms with Crippen LogP contribution in [0.4, 0.5) is 11.4 Å². The smallest absolute Gasteiger partial charge is 0.261 e. The number of carbonyl (C=O) groups excluding carboxylic acids is 1. The highest BCUT2D eigenvalue weighted by atomic mass is 32.2. The van der Waals surface area contributed by atoms with Crippen molar-refractivity contribution in [1.82, 2.24) is 0 Å². The number of amides is 1. The molecule has 0 saturated carbocycles. The van der Waals surface area contributed by atoms with Crippen molar-refractivity contribution in [1.29, 1.82) is 0 Å². The van der Waals surface area contributed by atoms with Gasteiger partial charge >= 0.3 is 0 Å². The molecule has 1 aliphatic rings. The molecule has 0 radical (unpaired) electrons. The third kappa shape index (κ3) is 2.89. The largest absolute Gasteiger partial charge is 0.315 e. The first-order chi connectivity index (χ1) is 12.5. The van der Waals surface area contributed by atoms with Gasteiger partial charge in [-0.15, -0.1) is 11.3 Å².